The van der Waals surface area contributed by atoms with Gasteiger partial charge in [0, 0.05) is 44.2 Å². The molecule has 0 unspecified atom stereocenters. The summed E-state index contributed by atoms with van der Waals surface area (Å²) in [6, 6.07) is 52.3. The highest BCUT2D eigenvalue weighted by atomic mass is 32.2. The fraction of sp³-hybridized carbons (Fsp3) is 0.0204. The van der Waals surface area contributed by atoms with Crippen molar-refractivity contribution < 1.29 is 4.74 Å². The minimum absolute atomic E-state index is 0.518. The Morgan fingerprint density at radius 1 is 0.632 bits per heavy atom. The largest absolute Gasteiger partial charge is 0.454 e. The van der Waals surface area contributed by atoms with Crippen molar-refractivity contribution in [3.8, 4) is 34.6 Å². The van der Waals surface area contributed by atoms with Crippen molar-refractivity contribution in [3.05, 3.63) is 197 Å². The maximum Gasteiger partial charge on any atom is 0.191 e. The first-order valence-electron chi connectivity index (χ1n) is 18.6. The van der Waals surface area contributed by atoms with Crippen LogP contribution in [0.4, 0.5) is 22.7 Å². The molecule has 0 radical (unpaired) electrons. The fourth-order valence-corrected chi connectivity index (χ4v) is 10.6. The Labute approximate surface area is 331 Å². The maximum absolute atomic E-state index is 9.78. The lowest BCUT2D eigenvalue weighted by molar-refractivity contribution is 0.477. The number of rotatable bonds is 2. The Morgan fingerprint density at radius 2 is 1.39 bits per heavy atom. The van der Waals surface area contributed by atoms with Gasteiger partial charge in [-0.25, -0.2) is 4.85 Å². The standard InChI is InChI=1S/C49H26N6OS/c1-51-30-18-22-40-43(26-30)56-42-15-5-4-13-39(42)55(40)41-14-6-16-44-46(41)49(35-10-7-23-52-47(35)48-36(49)11-8-24-53-48)34-20-19-31(27-45(34)57-44)54-37-12-3-2-9-32(37)33-25-29(28-50)17-21-38(33)54/h2-27H. The van der Waals surface area contributed by atoms with Gasteiger partial charge in [-0.1, -0.05) is 72.4 Å². The Balaban J connectivity index is 1.17. The van der Waals surface area contributed by atoms with Crippen molar-refractivity contribution in [2.24, 2.45) is 0 Å². The molecule has 264 valence electrons. The summed E-state index contributed by atoms with van der Waals surface area (Å²) >= 11 is 1.77. The quantitative estimate of drug-likeness (QED) is 0.164. The molecule has 0 saturated carbocycles. The predicted molar refractivity (Wildman–Crippen MR) is 224 cm³/mol. The van der Waals surface area contributed by atoms with Crippen molar-refractivity contribution in [1.29, 1.82) is 5.26 Å². The predicted octanol–water partition coefficient (Wildman–Crippen LogP) is 12.4. The molecule has 6 aromatic carbocycles. The van der Waals surface area contributed by atoms with Crippen LogP contribution in [0.15, 0.2) is 168 Å². The van der Waals surface area contributed by atoms with Crippen LogP contribution in [0.2, 0.25) is 0 Å². The number of para-hydroxylation sites is 3. The van der Waals surface area contributed by atoms with Crippen LogP contribution in [0.3, 0.4) is 0 Å². The monoisotopic (exact) mass is 746 g/mol. The number of benzene rings is 6. The van der Waals surface area contributed by atoms with Crippen molar-refractivity contribution in [3.63, 3.8) is 0 Å². The van der Waals surface area contributed by atoms with Gasteiger partial charge in [-0.2, -0.15) is 5.26 Å². The minimum atomic E-state index is -0.787. The van der Waals surface area contributed by atoms with Crippen molar-refractivity contribution in [2.75, 3.05) is 4.90 Å². The maximum atomic E-state index is 9.78. The molecule has 0 saturated heterocycles. The van der Waals surface area contributed by atoms with E-state index in [1.807, 2.05) is 73.1 Å². The molecule has 9 aromatic rings. The first-order chi connectivity index (χ1) is 28.2. The Bertz CT molecular complexity index is 3270. The lowest BCUT2D eigenvalue weighted by Gasteiger charge is -2.43. The van der Waals surface area contributed by atoms with E-state index >= 15 is 0 Å². The lowest BCUT2D eigenvalue weighted by Crippen LogP contribution is -2.34. The number of pyridine rings is 2. The molecule has 8 heteroatoms. The molecule has 3 aliphatic rings. The van der Waals surface area contributed by atoms with Crippen LogP contribution in [-0.2, 0) is 5.41 Å². The number of fused-ring (bicyclic) bond motifs is 14. The van der Waals surface area contributed by atoms with Crippen LogP contribution in [0.5, 0.6) is 11.5 Å². The third-order valence-corrected chi connectivity index (χ3v) is 12.7. The highest BCUT2D eigenvalue weighted by Crippen LogP contribution is 2.65. The highest BCUT2D eigenvalue weighted by molar-refractivity contribution is 7.99. The molecule has 1 spiro atoms. The summed E-state index contributed by atoms with van der Waals surface area (Å²) in [7, 11) is 0. The smallest absolute Gasteiger partial charge is 0.191 e. The molecule has 57 heavy (non-hydrogen) atoms. The SMILES string of the molecule is [C-]#[N+]c1ccc2c(c1)Oc1ccccc1N2c1cccc2c1C1(c3ccc(-n4c5ccccc5c5cc(C#N)ccc54)cc3S2)c2cccnc2-c2ncccc21. The molecular weight excluding hydrogens is 721 g/mol. The number of nitrogens with zero attached hydrogens (tertiary/aromatic N) is 6. The van der Waals surface area contributed by atoms with Gasteiger partial charge < -0.3 is 14.2 Å². The molecule has 7 nitrogen and oxygen atoms in total. The summed E-state index contributed by atoms with van der Waals surface area (Å²) in [6.45, 7) is 7.75. The van der Waals surface area contributed by atoms with E-state index in [0.717, 1.165) is 93.7 Å². The van der Waals surface area contributed by atoms with E-state index in [-0.39, 0.29) is 0 Å². The van der Waals surface area contributed by atoms with E-state index in [1.54, 1.807) is 11.8 Å². The summed E-state index contributed by atoms with van der Waals surface area (Å²) < 4.78 is 8.81. The Kier molecular flexibility index (Phi) is 6.49. The number of hydrogen-bond acceptors (Lipinski definition) is 6. The molecule has 1 aliphatic carbocycles. The van der Waals surface area contributed by atoms with Gasteiger partial charge in [0.2, 0.25) is 0 Å². The van der Waals surface area contributed by atoms with Gasteiger partial charge in [-0.05, 0) is 102 Å². The van der Waals surface area contributed by atoms with Gasteiger partial charge in [0.1, 0.15) is 5.75 Å². The van der Waals surface area contributed by atoms with E-state index in [4.69, 9.17) is 21.3 Å². The zero-order valence-electron chi connectivity index (χ0n) is 30.0. The van der Waals surface area contributed by atoms with Gasteiger partial charge in [0.15, 0.2) is 11.4 Å². The van der Waals surface area contributed by atoms with Crippen molar-refractivity contribution in [2.45, 2.75) is 15.2 Å². The summed E-state index contributed by atoms with van der Waals surface area (Å²) in [5.41, 5.74) is 12.5. The van der Waals surface area contributed by atoms with Crippen LogP contribution < -0.4 is 9.64 Å². The van der Waals surface area contributed by atoms with Crippen molar-refractivity contribution >= 4 is 56.3 Å². The summed E-state index contributed by atoms with van der Waals surface area (Å²) in [5, 5.41) is 11.9. The van der Waals surface area contributed by atoms with E-state index in [2.05, 4.69) is 105 Å². The van der Waals surface area contributed by atoms with E-state index < -0.39 is 5.41 Å². The number of anilines is 3. The van der Waals surface area contributed by atoms with E-state index in [0.29, 0.717) is 17.0 Å². The fourth-order valence-electron chi connectivity index (χ4n) is 9.36. The second-order valence-corrected chi connectivity index (χ2v) is 15.4. The van der Waals surface area contributed by atoms with E-state index in [1.165, 1.54) is 0 Å². The molecule has 0 amide bonds. The van der Waals surface area contributed by atoms with Gasteiger partial charge >= 0.3 is 0 Å². The summed E-state index contributed by atoms with van der Waals surface area (Å²) in [4.78, 5) is 18.3. The first kappa shape index (κ1) is 31.7. The van der Waals surface area contributed by atoms with Crippen LogP contribution in [0.1, 0.15) is 27.8 Å². The molecule has 0 fully saturated rings. The number of ether oxygens (including phenoxy) is 1. The molecule has 12 rings (SSSR count). The van der Waals surface area contributed by atoms with Crippen LogP contribution in [-0.4, -0.2) is 14.5 Å². The van der Waals surface area contributed by atoms with Gasteiger partial charge in [-0.3, -0.25) is 9.97 Å². The third-order valence-electron chi connectivity index (χ3n) is 11.6. The first-order valence-corrected chi connectivity index (χ1v) is 19.4. The molecule has 2 aliphatic heterocycles. The molecule has 3 aromatic heterocycles. The van der Waals surface area contributed by atoms with Gasteiger partial charge in [0.05, 0.1) is 63.1 Å². The van der Waals surface area contributed by atoms with E-state index in [9.17, 15) is 5.26 Å². The van der Waals surface area contributed by atoms with Crippen molar-refractivity contribution in [1.82, 2.24) is 14.5 Å². The van der Waals surface area contributed by atoms with Crippen LogP contribution in [0, 0.1) is 17.9 Å². The average molecular weight is 747 g/mol. The van der Waals surface area contributed by atoms with Gasteiger partial charge in [0.25, 0.3) is 0 Å². The average Bonchev–Trinajstić information content (AvgIpc) is 3.75. The normalized spacial score (nSPS) is 13.8. The topological polar surface area (TPSA) is 71.3 Å². The molecule has 5 heterocycles. The lowest BCUT2D eigenvalue weighted by atomic mass is 9.67. The summed E-state index contributed by atoms with van der Waals surface area (Å²) in [5.74, 6) is 1.35. The van der Waals surface area contributed by atoms with Gasteiger partial charge in [-0.15, -0.1) is 0 Å². The molecular formula is C49H26N6OS. The number of nitriles is 1. The minimum Gasteiger partial charge on any atom is -0.454 e. The Morgan fingerprint density at radius 3 is 2.21 bits per heavy atom. The number of aromatic nitrogens is 3. The molecule has 0 bridgehead atoms. The zero-order chi connectivity index (χ0) is 37.8. The third kappa shape index (κ3) is 4.20. The zero-order valence-corrected chi connectivity index (χ0v) is 30.8. The second kappa shape index (κ2) is 11.7. The number of hydrogen-bond donors (Lipinski definition) is 0. The second-order valence-electron chi connectivity index (χ2n) is 14.3. The summed E-state index contributed by atoms with van der Waals surface area (Å²) in [6.07, 6.45) is 3.71. The molecule has 0 N–H and O–H groups in total. The highest BCUT2D eigenvalue weighted by Gasteiger charge is 2.53. The van der Waals surface area contributed by atoms with Crippen LogP contribution >= 0.6 is 11.8 Å². The molecule has 0 atom stereocenters. The van der Waals surface area contributed by atoms with Crippen LogP contribution in [0.25, 0.3) is 43.7 Å². The Hall–Kier alpha value is -7.65.